The van der Waals surface area contributed by atoms with Gasteiger partial charge < -0.3 is 10.6 Å². The fraction of sp³-hybridized carbons (Fsp3) is 0.353. The van der Waals surface area contributed by atoms with Gasteiger partial charge in [0.1, 0.15) is 0 Å². The van der Waals surface area contributed by atoms with Crippen molar-refractivity contribution in [2.45, 2.75) is 39.0 Å². The molecule has 0 saturated carbocycles. The summed E-state index contributed by atoms with van der Waals surface area (Å²) in [5, 5.41) is 6.31. The van der Waals surface area contributed by atoms with Gasteiger partial charge in [-0.2, -0.15) is 0 Å². The molecule has 0 fully saturated rings. The van der Waals surface area contributed by atoms with E-state index in [0.717, 1.165) is 36.1 Å². The average Bonchev–Trinajstić information content (AvgIpc) is 2.49. The van der Waals surface area contributed by atoms with E-state index in [9.17, 15) is 4.79 Å². The van der Waals surface area contributed by atoms with Crippen LogP contribution in [0.15, 0.2) is 47.3 Å². The number of aryl methyl sites for hydroxylation is 1. The van der Waals surface area contributed by atoms with Crippen LogP contribution >= 0.6 is 0 Å². The highest BCUT2D eigenvalue weighted by Crippen LogP contribution is 2.31. The number of allylic oxidation sites excluding steroid dienone is 2. The van der Waals surface area contributed by atoms with Gasteiger partial charge in [-0.1, -0.05) is 18.2 Å². The predicted molar refractivity (Wildman–Crippen MR) is 81.1 cm³/mol. The highest BCUT2D eigenvalue weighted by atomic mass is 16.1. The number of carbonyl (C=O) groups is 1. The Hall–Kier alpha value is -2.03. The largest absolute Gasteiger partial charge is 0.365 e. The van der Waals surface area contributed by atoms with Crippen LogP contribution in [0.25, 0.3) is 0 Å². The number of nitrogens with one attached hydrogen (secondary N) is 2. The van der Waals surface area contributed by atoms with Crippen LogP contribution in [-0.2, 0) is 4.79 Å². The van der Waals surface area contributed by atoms with E-state index in [1.54, 1.807) is 0 Å². The van der Waals surface area contributed by atoms with Crippen molar-refractivity contribution in [1.82, 2.24) is 5.32 Å². The molecule has 1 aliphatic carbocycles. The van der Waals surface area contributed by atoms with Crippen molar-refractivity contribution in [2.24, 2.45) is 0 Å². The predicted octanol–water partition coefficient (Wildman–Crippen LogP) is 3.64. The summed E-state index contributed by atoms with van der Waals surface area (Å²) in [6.07, 6.45) is 7.41. The van der Waals surface area contributed by atoms with Crippen LogP contribution in [0.2, 0.25) is 0 Å². The van der Waals surface area contributed by atoms with E-state index in [1.807, 2.05) is 37.4 Å². The third-order valence-electron chi connectivity index (χ3n) is 4.09. The molecule has 0 atom stereocenters. The van der Waals surface area contributed by atoms with E-state index in [1.165, 1.54) is 24.1 Å². The maximum Gasteiger partial charge on any atom is 0.253 e. The Morgan fingerprint density at radius 3 is 2.85 bits per heavy atom. The molecule has 0 radical (unpaired) electrons. The summed E-state index contributed by atoms with van der Waals surface area (Å²) in [6, 6.07) is 7.86. The van der Waals surface area contributed by atoms with Gasteiger partial charge in [0, 0.05) is 29.6 Å². The number of hydrogen-bond acceptors (Lipinski definition) is 2. The summed E-state index contributed by atoms with van der Waals surface area (Å²) < 4.78 is 0. The smallest absolute Gasteiger partial charge is 0.253 e. The molecule has 1 aromatic rings. The van der Waals surface area contributed by atoms with Gasteiger partial charge in [-0.25, -0.2) is 0 Å². The third kappa shape index (κ3) is 2.62. The van der Waals surface area contributed by atoms with Gasteiger partial charge in [0.05, 0.1) is 0 Å². The second-order valence-corrected chi connectivity index (χ2v) is 5.55. The summed E-state index contributed by atoms with van der Waals surface area (Å²) in [5.74, 6) is 0.00363. The summed E-state index contributed by atoms with van der Waals surface area (Å²) in [5.41, 5.74) is 5.55. The van der Waals surface area contributed by atoms with Crippen molar-refractivity contribution in [3.63, 3.8) is 0 Å². The number of para-hydroxylation sites is 1. The van der Waals surface area contributed by atoms with Crippen molar-refractivity contribution in [2.75, 3.05) is 5.32 Å². The minimum Gasteiger partial charge on any atom is -0.365 e. The first-order chi connectivity index (χ1) is 9.74. The normalized spacial score (nSPS) is 17.9. The highest BCUT2D eigenvalue weighted by molar-refractivity contribution is 6.04. The van der Waals surface area contributed by atoms with Crippen LogP contribution in [0.3, 0.4) is 0 Å². The molecule has 0 spiro atoms. The molecule has 2 aliphatic rings. The van der Waals surface area contributed by atoms with Gasteiger partial charge in [-0.3, -0.25) is 4.79 Å². The first-order valence-electron chi connectivity index (χ1n) is 7.27. The zero-order valence-electron chi connectivity index (χ0n) is 11.8. The summed E-state index contributed by atoms with van der Waals surface area (Å²) in [6.45, 7) is 2.00. The molecule has 1 heterocycles. The molecule has 2 N–H and O–H groups in total. The van der Waals surface area contributed by atoms with Crippen molar-refractivity contribution in [1.29, 1.82) is 0 Å². The van der Waals surface area contributed by atoms with Crippen molar-refractivity contribution in [3.05, 3.63) is 52.9 Å². The van der Waals surface area contributed by atoms with Crippen LogP contribution in [0.1, 0.15) is 37.7 Å². The van der Waals surface area contributed by atoms with E-state index >= 15 is 0 Å². The number of dihydropyridines is 1. The van der Waals surface area contributed by atoms with Crippen LogP contribution in [0.5, 0.6) is 0 Å². The monoisotopic (exact) mass is 268 g/mol. The Balaban J connectivity index is 1.70. The minimum atomic E-state index is 0.00363. The second kappa shape index (κ2) is 5.53. The first kappa shape index (κ1) is 13.0. The lowest BCUT2D eigenvalue weighted by molar-refractivity contribution is -0.113. The molecule has 0 saturated heterocycles. The fourth-order valence-electron chi connectivity index (χ4n) is 2.85. The van der Waals surface area contributed by atoms with Crippen molar-refractivity contribution < 1.29 is 4.79 Å². The molecular formula is C17H20N2O. The molecule has 3 nitrogen and oxygen atoms in total. The Kier molecular flexibility index (Phi) is 3.59. The van der Waals surface area contributed by atoms with Gasteiger partial charge in [-0.15, -0.1) is 0 Å². The summed E-state index contributed by atoms with van der Waals surface area (Å²) in [4.78, 5) is 12.4. The number of hydrogen-bond donors (Lipinski definition) is 2. The summed E-state index contributed by atoms with van der Waals surface area (Å²) in [7, 11) is 0. The number of carbonyl (C=O) groups excluding carboxylic acids is 1. The van der Waals surface area contributed by atoms with E-state index < -0.39 is 0 Å². The van der Waals surface area contributed by atoms with E-state index in [-0.39, 0.29) is 5.91 Å². The molecule has 20 heavy (non-hydrogen) atoms. The van der Waals surface area contributed by atoms with Crippen molar-refractivity contribution in [3.8, 4) is 0 Å². The SMILES string of the molecule is Cc1ccccc1NC(=O)C1=CNC2=C(CCCC2)C1. The Labute approximate surface area is 119 Å². The number of rotatable bonds is 2. The zero-order chi connectivity index (χ0) is 13.9. The molecular weight excluding hydrogens is 248 g/mol. The molecule has 1 aromatic carbocycles. The topological polar surface area (TPSA) is 41.1 Å². The van der Waals surface area contributed by atoms with Crippen LogP contribution in [0.4, 0.5) is 5.69 Å². The van der Waals surface area contributed by atoms with E-state index in [0.29, 0.717) is 0 Å². The van der Waals surface area contributed by atoms with Gasteiger partial charge in [0.2, 0.25) is 0 Å². The van der Waals surface area contributed by atoms with Crippen molar-refractivity contribution >= 4 is 11.6 Å². The third-order valence-corrected chi connectivity index (χ3v) is 4.09. The molecule has 0 bridgehead atoms. The summed E-state index contributed by atoms with van der Waals surface area (Å²) >= 11 is 0. The average molecular weight is 268 g/mol. The van der Waals surface area contributed by atoms with Crippen LogP contribution in [-0.4, -0.2) is 5.91 Å². The van der Waals surface area contributed by atoms with Gasteiger partial charge in [-0.05, 0) is 49.8 Å². The molecule has 1 aliphatic heterocycles. The Morgan fingerprint density at radius 2 is 2.00 bits per heavy atom. The minimum absolute atomic E-state index is 0.00363. The van der Waals surface area contributed by atoms with E-state index in [4.69, 9.17) is 0 Å². The second-order valence-electron chi connectivity index (χ2n) is 5.55. The van der Waals surface area contributed by atoms with Crippen LogP contribution < -0.4 is 10.6 Å². The van der Waals surface area contributed by atoms with Gasteiger partial charge in [0.25, 0.3) is 5.91 Å². The molecule has 3 heteroatoms. The maximum absolute atomic E-state index is 12.4. The molecule has 0 aromatic heterocycles. The molecule has 1 amide bonds. The number of anilines is 1. The van der Waals surface area contributed by atoms with Crippen LogP contribution in [0, 0.1) is 6.92 Å². The lowest BCUT2D eigenvalue weighted by Crippen LogP contribution is -2.24. The van der Waals surface area contributed by atoms with E-state index in [2.05, 4.69) is 10.6 Å². The number of benzene rings is 1. The molecule has 104 valence electrons. The standard InChI is InChI=1S/C17H20N2O/c1-12-6-2-4-8-15(12)19-17(20)14-10-13-7-3-5-9-16(13)18-11-14/h2,4,6,8,11,18H,3,5,7,9-10H2,1H3,(H,19,20). The lowest BCUT2D eigenvalue weighted by Gasteiger charge is -2.25. The highest BCUT2D eigenvalue weighted by Gasteiger charge is 2.21. The fourth-order valence-corrected chi connectivity index (χ4v) is 2.85. The zero-order valence-corrected chi connectivity index (χ0v) is 11.8. The Morgan fingerprint density at radius 1 is 1.20 bits per heavy atom. The maximum atomic E-state index is 12.4. The molecule has 3 rings (SSSR count). The number of amides is 1. The lowest BCUT2D eigenvalue weighted by atomic mass is 9.89. The first-order valence-corrected chi connectivity index (χ1v) is 7.27. The van der Waals surface area contributed by atoms with Gasteiger partial charge in [0.15, 0.2) is 0 Å². The Bertz CT molecular complexity index is 599. The molecule has 0 unspecified atom stereocenters. The van der Waals surface area contributed by atoms with Gasteiger partial charge >= 0.3 is 0 Å². The quantitative estimate of drug-likeness (QED) is 0.859.